The van der Waals surface area contributed by atoms with E-state index in [0.29, 0.717) is 28.9 Å². The van der Waals surface area contributed by atoms with Crippen LogP contribution < -0.4 is 5.32 Å². The lowest BCUT2D eigenvalue weighted by Crippen LogP contribution is -2.48. The zero-order chi connectivity index (χ0) is 16.8. The first-order chi connectivity index (χ1) is 10.9. The molecule has 1 aliphatic rings. The topological polar surface area (TPSA) is 41.6 Å². The van der Waals surface area contributed by atoms with Crippen molar-refractivity contribution in [3.63, 3.8) is 0 Å². The van der Waals surface area contributed by atoms with Crippen LogP contribution in [0, 0.1) is 5.92 Å². The van der Waals surface area contributed by atoms with E-state index in [1.165, 1.54) is 0 Å². The van der Waals surface area contributed by atoms with Crippen LogP contribution in [0.15, 0.2) is 18.2 Å². The van der Waals surface area contributed by atoms with Crippen molar-refractivity contribution in [3.8, 4) is 0 Å². The summed E-state index contributed by atoms with van der Waals surface area (Å²) in [6, 6.07) is 5.25. The Labute approximate surface area is 148 Å². The highest BCUT2D eigenvalue weighted by Gasteiger charge is 2.21. The molecule has 0 aromatic heterocycles. The maximum Gasteiger partial charge on any atom is 0.224 e. The summed E-state index contributed by atoms with van der Waals surface area (Å²) in [6.07, 6.45) is 0.347. The minimum absolute atomic E-state index is 0.0343. The van der Waals surface area contributed by atoms with Crippen molar-refractivity contribution in [3.05, 3.63) is 33.8 Å². The molecule has 0 saturated carbocycles. The molecule has 128 valence electrons. The normalized spacial score (nSPS) is 19.1. The predicted molar refractivity (Wildman–Crippen MR) is 94.2 cm³/mol. The molecule has 0 radical (unpaired) electrons. The van der Waals surface area contributed by atoms with Crippen LogP contribution >= 0.6 is 23.2 Å². The van der Waals surface area contributed by atoms with Crippen molar-refractivity contribution < 1.29 is 9.53 Å². The van der Waals surface area contributed by atoms with Gasteiger partial charge in [-0.1, -0.05) is 43.1 Å². The first kappa shape index (κ1) is 18.5. The molecule has 1 atom stereocenters. The Morgan fingerprint density at radius 2 is 2.17 bits per heavy atom. The number of halogens is 2. The average molecular weight is 359 g/mol. The molecular formula is C17H24Cl2N2O2. The average Bonchev–Trinajstić information content (AvgIpc) is 2.49. The maximum atomic E-state index is 12.1. The first-order valence-corrected chi connectivity index (χ1v) is 8.74. The van der Waals surface area contributed by atoms with Crippen LogP contribution in [0.2, 0.25) is 10.0 Å². The molecule has 4 nitrogen and oxygen atoms in total. The second-order valence-corrected chi connectivity index (χ2v) is 7.19. The van der Waals surface area contributed by atoms with Crippen LogP contribution in [0.5, 0.6) is 0 Å². The minimum atomic E-state index is -0.0343. The fourth-order valence-electron chi connectivity index (χ4n) is 2.71. The minimum Gasteiger partial charge on any atom is -0.374 e. The first-order valence-electron chi connectivity index (χ1n) is 7.98. The number of hydrogen-bond acceptors (Lipinski definition) is 3. The molecule has 0 unspecified atom stereocenters. The Kier molecular flexibility index (Phi) is 7.15. The van der Waals surface area contributed by atoms with E-state index in [4.69, 9.17) is 27.9 Å². The molecule has 1 aromatic carbocycles. The monoisotopic (exact) mass is 358 g/mol. The molecule has 1 amide bonds. The lowest BCUT2D eigenvalue weighted by atomic mass is 10.1. The van der Waals surface area contributed by atoms with Gasteiger partial charge in [0.1, 0.15) is 0 Å². The van der Waals surface area contributed by atoms with E-state index in [9.17, 15) is 4.79 Å². The van der Waals surface area contributed by atoms with Crippen LogP contribution in [-0.2, 0) is 16.0 Å². The molecular weight excluding hydrogens is 335 g/mol. The Morgan fingerprint density at radius 3 is 2.87 bits per heavy atom. The molecule has 23 heavy (non-hydrogen) atoms. The molecule has 1 aromatic rings. The summed E-state index contributed by atoms with van der Waals surface area (Å²) in [5.74, 6) is 0.603. The molecule has 1 aliphatic heterocycles. The Bertz CT molecular complexity index is 537. The number of ether oxygens (including phenoxy) is 1. The van der Waals surface area contributed by atoms with Gasteiger partial charge in [0.25, 0.3) is 0 Å². The molecule has 0 spiro atoms. The predicted octanol–water partition coefficient (Wildman–Crippen LogP) is 3.01. The van der Waals surface area contributed by atoms with Crippen molar-refractivity contribution in [2.24, 2.45) is 5.92 Å². The molecule has 0 bridgehead atoms. The fourth-order valence-corrected chi connectivity index (χ4v) is 3.03. The van der Waals surface area contributed by atoms with Gasteiger partial charge in [0.05, 0.1) is 29.2 Å². The third-order valence-corrected chi connectivity index (χ3v) is 4.46. The van der Waals surface area contributed by atoms with Gasteiger partial charge in [-0.15, -0.1) is 0 Å². The second kappa shape index (κ2) is 8.88. The number of carbonyl (C=O) groups is 1. The number of benzene rings is 1. The standard InChI is InChI=1S/C17H24Cl2N2O2/c1-12(2)10-21-5-6-23-14(11-21)9-20-17(22)8-13-3-4-15(18)16(19)7-13/h3-4,7,12,14H,5-6,8-11H2,1-2H3,(H,20,22)/t14-/m1/s1. The lowest BCUT2D eigenvalue weighted by Gasteiger charge is -2.33. The van der Waals surface area contributed by atoms with Gasteiger partial charge in [0.15, 0.2) is 0 Å². The van der Waals surface area contributed by atoms with E-state index < -0.39 is 0 Å². The smallest absolute Gasteiger partial charge is 0.224 e. The number of amides is 1. The Hall–Kier alpha value is -0.810. The number of nitrogens with zero attached hydrogens (tertiary/aromatic N) is 1. The largest absolute Gasteiger partial charge is 0.374 e. The number of rotatable bonds is 6. The number of carbonyl (C=O) groups excluding carboxylic acids is 1. The van der Waals surface area contributed by atoms with Crippen molar-refractivity contribution in [1.29, 1.82) is 0 Å². The quantitative estimate of drug-likeness (QED) is 0.849. The summed E-state index contributed by atoms with van der Waals surface area (Å²) in [7, 11) is 0. The Morgan fingerprint density at radius 1 is 1.39 bits per heavy atom. The summed E-state index contributed by atoms with van der Waals surface area (Å²) in [5.41, 5.74) is 0.850. The van der Waals surface area contributed by atoms with E-state index in [-0.39, 0.29) is 12.0 Å². The lowest BCUT2D eigenvalue weighted by molar-refractivity contribution is -0.121. The van der Waals surface area contributed by atoms with E-state index in [0.717, 1.165) is 31.8 Å². The SMILES string of the molecule is CC(C)CN1CCO[C@H](CNC(=O)Cc2ccc(Cl)c(Cl)c2)C1. The van der Waals surface area contributed by atoms with Crippen LogP contribution in [0.1, 0.15) is 19.4 Å². The maximum absolute atomic E-state index is 12.1. The molecule has 1 fully saturated rings. The molecule has 0 aliphatic carbocycles. The van der Waals surface area contributed by atoms with Gasteiger partial charge in [-0.2, -0.15) is 0 Å². The molecule has 1 heterocycles. The number of morpholine rings is 1. The van der Waals surface area contributed by atoms with Gasteiger partial charge in [-0.25, -0.2) is 0 Å². The summed E-state index contributed by atoms with van der Waals surface area (Å²) in [6.45, 7) is 8.58. The van der Waals surface area contributed by atoms with Crippen molar-refractivity contribution >= 4 is 29.1 Å². The molecule has 1 N–H and O–H groups in total. The van der Waals surface area contributed by atoms with E-state index in [1.807, 2.05) is 6.07 Å². The zero-order valence-electron chi connectivity index (χ0n) is 13.6. The molecule has 1 saturated heterocycles. The van der Waals surface area contributed by atoms with Gasteiger partial charge in [-0.3, -0.25) is 9.69 Å². The fraction of sp³-hybridized carbons (Fsp3) is 0.588. The summed E-state index contributed by atoms with van der Waals surface area (Å²) >= 11 is 11.8. The zero-order valence-corrected chi connectivity index (χ0v) is 15.2. The highest BCUT2D eigenvalue weighted by Crippen LogP contribution is 2.22. The van der Waals surface area contributed by atoms with E-state index >= 15 is 0 Å². The summed E-state index contributed by atoms with van der Waals surface area (Å²) < 4.78 is 5.73. The third-order valence-electron chi connectivity index (χ3n) is 3.72. The van der Waals surface area contributed by atoms with Crippen LogP contribution in [0.25, 0.3) is 0 Å². The highest BCUT2D eigenvalue weighted by atomic mass is 35.5. The number of nitrogens with one attached hydrogen (secondary N) is 1. The van der Waals surface area contributed by atoms with Crippen LogP contribution in [0.3, 0.4) is 0 Å². The van der Waals surface area contributed by atoms with Gasteiger partial charge >= 0.3 is 0 Å². The van der Waals surface area contributed by atoms with Crippen LogP contribution in [-0.4, -0.2) is 49.7 Å². The Balaban J connectivity index is 1.76. The van der Waals surface area contributed by atoms with Crippen molar-refractivity contribution in [2.45, 2.75) is 26.4 Å². The van der Waals surface area contributed by atoms with Crippen molar-refractivity contribution in [2.75, 3.05) is 32.8 Å². The van der Waals surface area contributed by atoms with Gasteiger partial charge in [-0.05, 0) is 23.6 Å². The van der Waals surface area contributed by atoms with E-state index in [2.05, 4.69) is 24.1 Å². The highest BCUT2D eigenvalue weighted by molar-refractivity contribution is 6.42. The van der Waals surface area contributed by atoms with E-state index in [1.54, 1.807) is 12.1 Å². The summed E-state index contributed by atoms with van der Waals surface area (Å²) in [5, 5.41) is 3.91. The van der Waals surface area contributed by atoms with Gasteiger partial charge in [0.2, 0.25) is 5.91 Å². The summed E-state index contributed by atoms with van der Waals surface area (Å²) in [4.78, 5) is 14.4. The van der Waals surface area contributed by atoms with Crippen molar-refractivity contribution in [1.82, 2.24) is 10.2 Å². The molecule has 2 rings (SSSR count). The second-order valence-electron chi connectivity index (χ2n) is 6.38. The number of hydrogen-bond donors (Lipinski definition) is 1. The molecule has 6 heteroatoms. The third kappa shape index (κ3) is 6.30. The van der Waals surface area contributed by atoms with Gasteiger partial charge in [0, 0.05) is 26.2 Å². The van der Waals surface area contributed by atoms with Crippen LogP contribution in [0.4, 0.5) is 0 Å². The van der Waals surface area contributed by atoms with Gasteiger partial charge < -0.3 is 10.1 Å².